The van der Waals surface area contributed by atoms with E-state index in [1.807, 2.05) is 0 Å². The summed E-state index contributed by atoms with van der Waals surface area (Å²) in [5.74, 6) is -1.58. The Hall–Kier alpha value is -2.13. The Morgan fingerprint density at radius 1 is 1.19 bits per heavy atom. The summed E-state index contributed by atoms with van der Waals surface area (Å²) in [4.78, 5) is 24.4. The first kappa shape index (κ1) is 23.5. The maximum atomic E-state index is 12.9. The van der Waals surface area contributed by atoms with Gasteiger partial charge in [0.1, 0.15) is 0 Å². The third kappa shape index (κ3) is 5.98. The number of esters is 1. The van der Waals surface area contributed by atoms with Crippen LogP contribution in [0.5, 0.6) is 0 Å². The fourth-order valence-corrected chi connectivity index (χ4v) is 5.62. The van der Waals surface area contributed by atoms with Crippen LogP contribution in [-0.2, 0) is 25.3 Å². The molecule has 0 aromatic heterocycles. The standard InChI is InChI=1S/C21H22Cl2N2O5S/c1-30-21(27)14-4-2-6-18(10-14)24-20(26)15-5-3-9-25(12-15)31(28,29)13-16-7-8-17(22)11-19(16)23/h2,4,6-8,10-11,15H,3,5,9,12-13H2,1H3,(H,24,26)/t15-/m1/s1. The van der Waals surface area contributed by atoms with Crippen LogP contribution in [0.25, 0.3) is 0 Å². The summed E-state index contributed by atoms with van der Waals surface area (Å²) in [5.41, 5.74) is 1.21. The largest absolute Gasteiger partial charge is 0.465 e. The third-order valence-corrected chi connectivity index (χ3v) is 7.43. The average molecular weight is 485 g/mol. The summed E-state index contributed by atoms with van der Waals surface area (Å²) in [6.07, 6.45) is 1.13. The van der Waals surface area contributed by atoms with Gasteiger partial charge in [0.15, 0.2) is 0 Å². The number of benzene rings is 2. The van der Waals surface area contributed by atoms with Crippen LogP contribution < -0.4 is 5.32 Å². The fourth-order valence-electron chi connectivity index (χ4n) is 3.42. The zero-order chi connectivity index (χ0) is 22.6. The highest BCUT2D eigenvalue weighted by Gasteiger charge is 2.32. The van der Waals surface area contributed by atoms with E-state index in [0.717, 1.165) is 0 Å². The minimum atomic E-state index is -3.67. The molecular weight excluding hydrogens is 463 g/mol. The number of halogens is 2. The van der Waals surface area contributed by atoms with Crippen LogP contribution in [-0.4, -0.2) is 44.8 Å². The predicted molar refractivity (Wildman–Crippen MR) is 120 cm³/mol. The van der Waals surface area contributed by atoms with Crippen molar-refractivity contribution in [1.82, 2.24) is 4.31 Å². The Morgan fingerprint density at radius 3 is 2.68 bits per heavy atom. The average Bonchev–Trinajstić information content (AvgIpc) is 2.75. The molecule has 31 heavy (non-hydrogen) atoms. The van der Waals surface area contributed by atoms with Crippen molar-refractivity contribution < 1.29 is 22.7 Å². The molecular formula is C21H22Cl2N2O5S. The van der Waals surface area contributed by atoms with Crippen LogP contribution in [0.3, 0.4) is 0 Å². The summed E-state index contributed by atoms with van der Waals surface area (Å²) >= 11 is 12.0. The second kappa shape index (κ2) is 9.99. The lowest BCUT2D eigenvalue weighted by atomic mass is 9.98. The van der Waals surface area contributed by atoms with Gasteiger partial charge in [-0.25, -0.2) is 17.5 Å². The number of sulfonamides is 1. The highest BCUT2D eigenvalue weighted by atomic mass is 35.5. The molecule has 1 fully saturated rings. The molecule has 3 rings (SSSR count). The normalized spacial score (nSPS) is 17.2. The molecule has 10 heteroatoms. The number of nitrogens with one attached hydrogen (secondary N) is 1. The number of carbonyl (C=O) groups is 2. The number of methoxy groups -OCH3 is 1. The number of anilines is 1. The highest BCUT2D eigenvalue weighted by molar-refractivity contribution is 7.88. The van der Waals surface area contributed by atoms with Crippen LogP contribution in [0.4, 0.5) is 5.69 Å². The molecule has 0 bridgehead atoms. The molecule has 166 valence electrons. The van der Waals surface area contributed by atoms with Gasteiger partial charge < -0.3 is 10.1 Å². The smallest absolute Gasteiger partial charge is 0.337 e. The maximum absolute atomic E-state index is 12.9. The zero-order valence-electron chi connectivity index (χ0n) is 16.8. The van der Waals surface area contributed by atoms with E-state index in [1.165, 1.54) is 23.5 Å². The fraction of sp³-hybridized carbons (Fsp3) is 0.333. The minimum Gasteiger partial charge on any atom is -0.465 e. The zero-order valence-corrected chi connectivity index (χ0v) is 19.1. The van der Waals surface area contributed by atoms with Gasteiger partial charge in [-0.2, -0.15) is 0 Å². The lowest BCUT2D eigenvalue weighted by Crippen LogP contribution is -2.44. The maximum Gasteiger partial charge on any atom is 0.337 e. The van der Waals surface area contributed by atoms with Gasteiger partial charge in [0, 0.05) is 28.8 Å². The Bertz CT molecular complexity index is 1090. The van der Waals surface area contributed by atoms with Gasteiger partial charge in [0.05, 0.1) is 24.3 Å². The van der Waals surface area contributed by atoms with Gasteiger partial charge >= 0.3 is 5.97 Å². The second-order valence-corrected chi connectivity index (χ2v) is 10.1. The molecule has 1 heterocycles. The first-order valence-corrected chi connectivity index (χ1v) is 12.0. The van der Waals surface area contributed by atoms with Crippen molar-refractivity contribution in [3.05, 3.63) is 63.6 Å². The van der Waals surface area contributed by atoms with Gasteiger partial charge in [0.25, 0.3) is 0 Å². The van der Waals surface area contributed by atoms with Crippen molar-refractivity contribution in [1.29, 1.82) is 0 Å². The number of hydrogen-bond acceptors (Lipinski definition) is 5. The van der Waals surface area contributed by atoms with Gasteiger partial charge in [-0.15, -0.1) is 0 Å². The van der Waals surface area contributed by atoms with Crippen LogP contribution >= 0.6 is 23.2 Å². The van der Waals surface area contributed by atoms with Crippen LogP contribution in [0.15, 0.2) is 42.5 Å². The lowest BCUT2D eigenvalue weighted by Gasteiger charge is -2.31. The molecule has 0 saturated carbocycles. The predicted octanol–water partition coefficient (Wildman–Crippen LogP) is 3.96. The van der Waals surface area contributed by atoms with E-state index < -0.39 is 21.9 Å². The lowest BCUT2D eigenvalue weighted by molar-refractivity contribution is -0.120. The molecule has 1 aliphatic heterocycles. The Labute approximate surface area is 191 Å². The highest BCUT2D eigenvalue weighted by Crippen LogP contribution is 2.27. The molecule has 0 radical (unpaired) electrons. The van der Waals surface area contributed by atoms with Gasteiger partial charge in [-0.05, 0) is 48.7 Å². The number of rotatable bonds is 6. The SMILES string of the molecule is COC(=O)c1cccc(NC(=O)[C@@H]2CCCN(S(=O)(=O)Cc3ccc(Cl)cc3Cl)C2)c1. The molecule has 7 nitrogen and oxygen atoms in total. The molecule has 0 aliphatic carbocycles. The van der Waals surface area contributed by atoms with E-state index in [2.05, 4.69) is 10.1 Å². The molecule has 0 spiro atoms. The van der Waals surface area contributed by atoms with Gasteiger partial charge in [0.2, 0.25) is 15.9 Å². The van der Waals surface area contributed by atoms with Crippen molar-refractivity contribution >= 4 is 50.8 Å². The number of ether oxygens (including phenoxy) is 1. The topological polar surface area (TPSA) is 92.8 Å². The van der Waals surface area contributed by atoms with Crippen molar-refractivity contribution in [2.75, 3.05) is 25.5 Å². The van der Waals surface area contributed by atoms with Gasteiger partial charge in [-0.3, -0.25) is 4.79 Å². The molecule has 1 atom stereocenters. The molecule has 2 aromatic carbocycles. The summed E-state index contributed by atoms with van der Waals surface area (Å²) in [7, 11) is -2.39. The van der Waals surface area contributed by atoms with Crippen molar-refractivity contribution in [3.63, 3.8) is 0 Å². The number of piperidine rings is 1. The monoisotopic (exact) mass is 484 g/mol. The summed E-state index contributed by atoms with van der Waals surface area (Å²) in [6.45, 7) is 0.422. The number of nitrogens with zero attached hydrogens (tertiary/aromatic N) is 1. The van der Waals surface area contributed by atoms with Crippen molar-refractivity contribution in [3.8, 4) is 0 Å². The number of carbonyl (C=O) groups excluding carboxylic acids is 2. The Balaban J connectivity index is 1.68. The molecule has 1 amide bonds. The van der Waals surface area contributed by atoms with Crippen molar-refractivity contribution in [2.24, 2.45) is 5.92 Å². The van der Waals surface area contributed by atoms with E-state index in [9.17, 15) is 18.0 Å². The van der Waals surface area contributed by atoms with Crippen LogP contribution in [0, 0.1) is 5.92 Å². The van der Waals surface area contributed by atoms with Crippen LogP contribution in [0.2, 0.25) is 10.0 Å². The van der Waals surface area contributed by atoms with Crippen molar-refractivity contribution in [2.45, 2.75) is 18.6 Å². The number of hydrogen-bond donors (Lipinski definition) is 1. The summed E-state index contributed by atoms with van der Waals surface area (Å²) < 4.78 is 31.9. The summed E-state index contributed by atoms with van der Waals surface area (Å²) in [5, 5.41) is 3.48. The van der Waals surface area contributed by atoms with E-state index in [0.29, 0.717) is 41.2 Å². The molecule has 1 saturated heterocycles. The van der Waals surface area contributed by atoms with E-state index in [-0.39, 0.29) is 23.2 Å². The third-order valence-electron chi connectivity index (χ3n) is 5.05. The van der Waals surface area contributed by atoms with Crippen LogP contribution in [0.1, 0.15) is 28.8 Å². The Morgan fingerprint density at radius 2 is 1.97 bits per heavy atom. The van der Waals surface area contributed by atoms with E-state index in [1.54, 1.807) is 30.3 Å². The first-order chi connectivity index (χ1) is 14.7. The second-order valence-electron chi connectivity index (χ2n) is 7.25. The quantitative estimate of drug-likeness (QED) is 0.626. The Kier molecular flexibility index (Phi) is 7.59. The molecule has 1 N–H and O–H groups in total. The summed E-state index contributed by atoms with van der Waals surface area (Å²) in [6, 6.07) is 11.1. The molecule has 2 aromatic rings. The number of amides is 1. The van der Waals surface area contributed by atoms with E-state index >= 15 is 0 Å². The molecule has 1 aliphatic rings. The molecule has 0 unspecified atom stereocenters. The first-order valence-electron chi connectivity index (χ1n) is 9.60. The minimum absolute atomic E-state index is 0.0794. The van der Waals surface area contributed by atoms with Gasteiger partial charge in [-0.1, -0.05) is 35.3 Å². The van der Waals surface area contributed by atoms with E-state index in [4.69, 9.17) is 23.2 Å².